The fourth-order valence-electron chi connectivity index (χ4n) is 3.35. The van der Waals surface area contributed by atoms with Crippen molar-refractivity contribution in [1.29, 1.82) is 0 Å². The summed E-state index contributed by atoms with van der Waals surface area (Å²) in [7, 11) is 0. The molecule has 0 saturated heterocycles. The Morgan fingerprint density at radius 3 is 2.81 bits per heavy atom. The minimum atomic E-state index is -0.297. The van der Waals surface area contributed by atoms with E-state index >= 15 is 0 Å². The third-order valence-electron chi connectivity index (χ3n) is 4.74. The zero-order valence-corrected chi connectivity index (χ0v) is 15.7. The van der Waals surface area contributed by atoms with Gasteiger partial charge in [-0.15, -0.1) is 11.3 Å². The van der Waals surface area contributed by atoms with Crippen molar-refractivity contribution >= 4 is 29.0 Å². The average molecular weight is 377 g/mol. The highest BCUT2D eigenvalue weighted by atomic mass is 32.1. The lowest BCUT2D eigenvalue weighted by Gasteiger charge is -2.26. The van der Waals surface area contributed by atoms with Crippen LogP contribution in [0, 0.1) is 6.92 Å². The number of rotatable bonds is 5. The van der Waals surface area contributed by atoms with E-state index in [1.54, 1.807) is 22.4 Å². The topological polar surface area (TPSA) is 62.3 Å². The van der Waals surface area contributed by atoms with Crippen LogP contribution in [0.3, 0.4) is 0 Å². The van der Waals surface area contributed by atoms with Gasteiger partial charge in [-0.05, 0) is 41.6 Å². The summed E-state index contributed by atoms with van der Waals surface area (Å²) in [6.45, 7) is 2.42. The quantitative estimate of drug-likeness (QED) is 0.726. The van der Waals surface area contributed by atoms with E-state index in [0.717, 1.165) is 21.6 Å². The SMILES string of the molecule is Cc1cccnc1NC(=O)C[C@@H](c1cccs1)N1Cc2ccccc2C1=O. The van der Waals surface area contributed by atoms with Crippen molar-refractivity contribution in [1.82, 2.24) is 9.88 Å². The first-order valence-electron chi connectivity index (χ1n) is 8.77. The number of anilines is 1. The van der Waals surface area contributed by atoms with Crippen molar-refractivity contribution in [3.63, 3.8) is 0 Å². The molecule has 3 heterocycles. The van der Waals surface area contributed by atoms with E-state index in [1.165, 1.54) is 0 Å². The molecule has 1 aromatic carbocycles. The number of nitrogens with one attached hydrogen (secondary N) is 1. The molecule has 6 heteroatoms. The molecule has 2 aromatic heterocycles. The van der Waals surface area contributed by atoms with Crippen LogP contribution in [0.25, 0.3) is 0 Å². The molecule has 1 atom stereocenters. The van der Waals surface area contributed by atoms with Gasteiger partial charge in [-0.25, -0.2) is 4.98 Å². The summed E-state index contributed by atoms with van der Waals surface area (Å²) in [5.74, 6) is 0.383. The highest BCUT2D eigenvalue weighted by Crippen LogP contribution is 2.35. The van der Waals surface area contributed by atoms with Crippen LogP contribution in [0.2, 0.25) is 0 Å². The predicted molar refractivity (Wildman–Crippen MR) is 106 cm³/mol. The van der Waals surface area contributed by atoms with E-state index in [-0.39, 0.29) is 24.3 Å². The summed E-state index contributed by atoms with van der Waals surface area (Å²) < 4.78 is 0. The van der Waals surface area contributed by atoms with Gasteiger partial charge in [0, 0.05) is 23.2 Å². The number of aryl methyl sites for hydroxylation is 1. The van der Waals surface area contributed by atoms with Gasteiger partial charge in [0.25, 0.3) is 5.91 Å². The first kappa shape index (κ1) is 17.4. The van der Waals surface area contributed by atoms with Crippen LogP contribution < -0.4 is 5.32 Å². The number of hydrogen-bond acceptors (Lipinski definition) is 4. The predicted octanol–water partition coefficient (Wildman–Crippen LogP) is 4.18. The molecule has 1 aliphatic heterocycles. The second-order valence-electron chi connectivity index (χ2n) is 6.54. The van der Waals surface area contributed by atoms with Crippen molar-refractivity contribution in [2.24, 2.45) is 0 Å². The zero-order valence-electron chi connectivity index (χ0n) is 14.9. The van der Waals surface area contributed by atoms with Crippen LogP contribution >= 0.6 is 11.3 Å². The summed E-state index contributed by atoms with van der Waals surface area (Å²) in [6.07, 6.45) is 1.84. The summed E-state index contributed by atoms with van der Waals surface area (Å²) in [4.78, 5) is 32.7. The molecule has 0 saturated carbocycles. The van der Waals surface area contributed by atoms with Gasteiger partial charge in [-0.1, -0.05) is 30.3 Å². The standard InChI is InChI=1S/C21H19N3O2S/c1-14-6-4-10-22-20(14)23-19(25)12-17(18-9-5-11-27-18)24-13-15-7-2-3-8-16(15)21(24)26/h2-11,17H,12-13H2,1H3,(H,22,23,25)/t17-/m0/s1. The highest BCUT2D eigenvalue weighted by Gasteiger charge is 2.34. The van der Waals surface area contributed by atoms with E-state index in [0.29, 0.717) is 12.4 Å². The van der Waals surface area contributed by atoms with Gasteiger partial charge >= 0.3 is 0 Å². The Morgan fingerprint density at radius 2 is 2.07 bits per heavy atom. The second-order valence-corrected chi connectivity index (χ2v) is 7.52. The Hall–Kier alpha value is -2.99. The lowest BCUT2D eigenvalue weighted by molar-refractivity contribution is -0.117. The highest BCUT2D eigenvalue weighted by molar-refractivity contribution is 7.10. The molecule has 0 spiro atoms. The molecule has 5 nitrogen and oxygen atoms in total. The Morgan fingerprint density at radius 1 is 1.22 bits per heavy atom. The van der Waals surface area contributed by atoms with Gasteiger partial charge in [0.1, 0.15) is 5.82 Å². The average Bonchev–Trinajstić information content (AvgIpc) is 3.31. The van der Waals surface area contributed by atoms with Crippen LogP contribution in [0.1, 0.15) is 38.8 Å². The molecule has 1 aliphatic rings. The van der Waals surface area contributed by atoms with Gasteiger partial charge in [-0.2, -0.15) is 0 Å². The van der Waals surface area contributed by atoms with Crippen LogP contribution in [0.15, 0.2) is 60.1 Å². The molecule has 0 aliphatic carbocycles. The van der Waals surface area contributed by atoms with E-state index in [2.05, 4.69) is 10.3 Å². The lowest BCUT2D eigenvalue weighted by Crippen LogP contribution is -2.32. The van der Waals surface area contributed by atoms with Crippen molar-refractivity contribution in [2.75, 3.05) is 5.32 Å². The van der Waals surface area contributed by atoms with Crippen LogP contribution in [-0.2, 0) is 11.3 Å². The summed E-state index contributed by atoms with van der Waals surface area (Å²) >= 11 is 1.56. The number of benzene rings is 1. The second kappa shape index (κ2) is 7.32. The molecule has 0 fully saturated rings. The lowest BCUT2D eigenvalue weighted by atomic mass is 10.1. The Kier molecular flexibility index (Phi) is 4.73. The van der Waals surface area contributed by atoms with E-state index in [9.17, 15) is 9.59 Å². The molecule has 1 N–H and O–H groups in total. The van der Waals surface area contributed by atoms with Gasteiger partial charge in [0.15, 0.2) is 0 Å². The van der Waals surface area contributed by atoms with Gasteiger partial charge < -0.3 is 10.2 Å². The monoisotopic (exact) mass is 377 g/mol. The number of fused-ring (bicyclic) bond motifs is 1. The van der Waals surface area contributed by atoms with Crippen LogP contribution in [-0.4, -0.2) is 21.7 Å². The van der Waals surface area contributed by atoms with Gasteiger partial charge in [-0.3, -0.25) is 9.59 Å². The maximum atomic E-state index is 12.9. The number of hydrogen-bond donors (Lipinski definition) is 1. The molecule has 27 heavy (non-hydrogen) atoms. The summed E-state index contributed by atoms with van der Waals surface area (Å²) in [6, 6.07) is 15.0. The number of carbonyl (C=O) groups excluding carboxylic acids is 2. The molecule has 2 amide bonds. The molecule has 0 unspecified atom stereocenters. The zero-order chi connectivity index (χ0) is 18.8. The molecule has 136 valence electrons. The maximum absolute atomic E-state index is 12.9. The van der Waals surface area contributed by atoms with Gasteiger partial charge in [0.2, 0.25) is 5.91 Å². The minimum Gasteiger partial charge on any atom is -0.326 e. The molecule has 3 aromatic rings. The van der Waals surface area contributed by atoms with Crippen LogP contribution in [0.4, 0.5) is 5.82 Å². The van der Waals surface area contributed by atoms with Crippen molar-refractivity contribution in [2.45, 2.75) is 25.9 Å². The summed E-state index contributed by atoms with van der Waals surface area (Å²) in [5.41, 5.74) is 2.63. The Balaban J connectivity index is 1.57. The Labute approximate surface area is 161 Å². The maximum Gasteiger partial charge on any atom is 0.255 e. The van der Waals surface area contributed by atoms with Crippen molar-refractivity contribution in [3.05, 3.63) is 81.7 Å². The number of nitrogens with zero attached hydrogens (tertiary/aromatic N) is 2. The first-order valence-corrected chi connectivity index (χ1v) is 9.65. The number of amides is 2. The number of pyridine rings is 1. The van der Waals surface area contributed by atoms with Crippen molar-refractivity contribution < 1.29 is 9.59 Å². The largest absolute Gasteiger partial charge is 0.326 e. The molecule has 0 radical (unpaired) electrons. The van der Waals surface area contributed by atoms with Gasteiger partial charge in [0.05, 0.1) is 12.5 Å². The number of carbonyl (C=O) groups is 2. The van der Waals surface area contributed by atoms with E-state index in [4.69, 9.17) is 0 Å². The minimum absolute atomic E-state index is 0.0224. The molecular weight excluding hydrogens is 358 g/mol. The van der Waals surface area contributed by atoms with Crippen LogP contribution in [0.5, 0.6) is 0 Å². The fraction of sp³-hybridized carbons (Fsp3) is 0.190. The van der Waals surface area contributed by atoms with E-state index < -0.39 is 0 Å². The molecular formula is C21H19N3O2S. The van der Waals surface area contributed by atoms with Crippen molar-refractivity contribution in [3.8, 4) is 0 Å². The number of thiophene rings is 1. The fourth-order valence-corrected chi connectivity index (χ4v) is 4.19. The normalized spacial score (nSPS) is 14.1. The third-order valence-corrected chi connectivity index (χ3v) is 5.72. The molecule has 0 bridgehead atoms. The number of aromatic nitrogens is 1. The smallest absolute Gasteiger partial charge is 0.255 e. The van der Waals surface area contributed by atoms with E-state index in [1.807, 2.05) is 60.8 Å². The third kappa shape index (κ3) is 3.48. The molecule has 4 rings (SSSR count). The summed E-state index contributed by atoms with van der Waals surface area (Å²) in [5, 5.41) is 4.85. The first-order chi connectivity index (χ1) is 13.1. The Bertz CT molecular complexity index is 985.